The Morgan fingerprint density at radius 1 is 1.60 bits per heavy atom. The molecule has 0 aromatic heterocycles. The van der Waals surface area contributed by atoms with Crippen molar-refractivity contribution in [2.24, 2.45) is 4.99 Å². The topological polar surface area (TPSA) is 24.4 Å². The summed E-state index contributed by atoms with van der Waals surface area (Å²) in [5, 5.41) is 3.32. The lowest BCUT2D eigenvalue weighted by molar-refractivity contribution is 0.631. The lowest BCUT2D eigenvalue weighted by atomic mass is 10.3. The van der Waals surface area contributed by atoms with E-state index in [1.54, 1.807) is 0 Å². The molecular formula is C8H14N2. The van der Waals surface area contributed by atoms with Crippen molar-refractivity contribution >= 4 is 5.71 Å². The van der Waals surface area contributed by atoms with Gasteiger partial charge in [-0.25, -0.2) is 0 Å². The van der Waals surface area contributed by atoms with Crippen LogP contribution in [0.5, 0.6) is 0 Å². The van der Waals surface area contributed by atoms with Gasteiger partial charge in [-0.3, -0.25) is 4.99 Å². The highest BCUT2D eigenvalue weighted by Crippen LogP contribution is 1.98. The Morgan fingerprint density at radius 2 is 2.30 bits per heavy atom. The monoisotopic (exact) mass is 138 g/mol. The average Bonchev–Trinajstić information content (AvgIpc) is 1.93. The molecule has 0 aliphatic carbocycles. The minimum Gasteiger partial charge on any atom is -0.384 e. The standard InChI is InChI=1S/C8H14N2/c1-6-4-7(2)10-8(3)5-9-6/h4,8,10H,5H2,1-3H3. The molecule has 1 atom stereocenters. The van der Waals surface area contributed by atoms with E-state index < -0.39 is 0 Å². The molecular weight excluding hydrogens is 124 g/mol. The quantitative estimate of drug-likeness (QED) is 0.536. The van der Waals surface area contributed by atoms with Gasteiger partial charge in [0.15, 0.2) is 0 Å². The highest BCUT2D eigenvalue weighted by Gasteiger charge is 2.03. The van der Waals surface area contributed by atoms with Crippen LogP contribution < -0.4 is 5.32 Å². The van der Waals surface area contributed by atoms with Gasteiger partial charge in [-0.05, 0) is 26.8 Å². The minimum atomic E-state index is 0.480. The minimum absolute atomic E-state index is 0.480. The van der Waals surface area contributed by atoms with Gasteiger partial charge in [0, 0.05) is 17.5 Å². The van der Waals surface area contributed by atoms with Gasteiger partial charge in [0.05, 0.1) is 6.54 Å². The van der Waals surface area contributed by atoms with Crippen LogP contribution in [0.2, 0.25) is 0 Å². The Kier molecular flexibility index (Phi) is 2.10. The summed E-state index contributed by atoms with van der Waals surface area (Å²) < 4.78 is 0. The Hall–Kier alpha value is -0.790. The summed E-state index contributed by atoms with van der Waals surface area (Å²) in [6, 6.07) is 0.480. The summed E-state index contributed by atoms with van der Waals surface area (Å²) in [6.45, 7) is 7.13. The van der Waals surface area contributed by atoms with Crippen molar-refractivity contribution in [2.75, 3.05) is 6.54 Å². The van der Waals surface area contributed by atoms with Crippen molar-refractivity contribution in [3.8, 4) is 0 Å². The summed E-state index contributed by atoms with van der Waals surface area (Å²) in [5.74, 6) is 0. The van der Waals surface area contributed by atoms with Crippen molar-refractivity contribution in [3.63, 3.8) is 0 Å². The molecule has 0 aromatic carbocycles. The zero-order chi connectivity index (χ0) is 7.56. The van der Waals surface area contributed by atoms with Crippen LogP contribution >= 0.6 is 0 Å². The Balaban J connectivity index is 2.71. The second-order valence-corrected chi connectivity index (χ2v) is 2.85. The van der Waals surface area contributed by atoms with Gasteiger partial charge in [0.25, 0.3) is 0 Å². The first kappa shape index (κ1) is 7.32. The number of hydrogen-bond donors (Lipinski definition) is 1. The third kappa shape index (κ3) is 1.87. The third-order valence-corrected chi connectivity index (χ3v) is 1.51. The molecule has 1 rings (SSSR count). The highest BCUT2D eigenvalue weighted by molar-refractivity contribution is 5.93. The van der Waals surface area contributed by atoms with Crippen molar-refractivity contribution in [1.82, 2.24) is 5.32 Å². The van der Waals surface area contributed by atoms with E-state index in [4.69, 9.17) is 0 Å². The Labute approximate surface area is 62.0 Å². The molecule has 0 aromatic rings. The van der Waals surface area contributed by atoms with E-state index in [1.165, 1.54) is 5.70 Å². The predicted molar refractivity (Wildman–Crippen MR) is 44.3 cm³/mol. The van der Waals surface area contributed by atoms with E-state index >= 15 is 0 Å². The van der Waals surface area contributed by atoms with Crippen LogP contribution in [-0.4, -0.2) is 18.3 Å². The van der Waals surface area contributed by atoms with Crippen LogP contribution in [0.3, 0.4) is 0 Å². The van der Waals surface area contributed by atoms with E-state index in [2.05, 4.69) is 30.2 Å². The first-order valence-electron chi connectivity index (χ1n) is 3.64. The smallest absolute Gasteiger partial charge is 0.0591 e. The molecule has 0 saturated heterocycles. The fourth-order valence-electron chi connectivity index (χ4n) is 1.12. The summed E-state index contributed by atoms with van der Waals surface area (Å²) in [5.41, 5.74) is 2.33. The van der Waals surface area contributed by atoms with E-state index in [-0.39, 0.29) is 0 Å². The normalized spacial score (nSPS) is 26.1. The molecule has 0 bridgehead atoms. The second-order valence-electron chi connectivity index (χ2n) is 2.85. The lowest BCUT2D eigenvalue weighted by Crippen LogP contribution is -2.25. The number of hydrogen-bond acceptors (Lipinski definition) is 2. The Morgan fingerprint density at radius 3 is 3.00 bits per heavy atom. The van der Waals surface area contributed by atoms with Gasteiger partial charge in [-0.2, -0.15) is 0 Å². The van der Waals surface area contributed by atoms with Gasteiger partial charge in [0.2, 0.25) is 0 Å². The van der Waals surface area contributed by atoms with E-state index in [9.17, 15) is 0 Å². The fraction of sp³-hybridized carbons (Fsp3) is 0.625. The number of rotatable bonds is 0. The number of nitrogens with zero attached hydrogens (tertiary/aromatic N) is 1. The first-order chi connectivity index (χ1) is 4.68. The van der Waals surface area contributed by atoms with Gasteiger partial charge >= 0.3 is 0 Å². The van der Waals surface area contributed by atoms with Crippen LogP contribution in [0.15, 0.2) is 16.8 Å². The highest BCUT2D eigenvalue weighted by atomic mass is 15.0. The van der Waals surface area contributed by atoms with Gasteiger partial charge in [0.1, 0.15) is 0 Å². The number of nitrogens with one attached hydrogen (secondary N) is 1. The molecule has 1 unspecified atom stereocenters. The maximum absolute atomic E-state index is 4.33. The van der Waals surface area contributed by atoms with Crippen molar-refractivity contribution < 1.29 is 0 Å². The van der Waals surface area contributed by atoms with Crippen molar-refractivity contribution in [3.05, 3.63) is 11.8 Å². The SMILES string of the molecule is CC1=CC(C)=NCC(C)N1. The average molecular weight is 138 g/mol. The van der Waals surface area contributed by atoms with E-state index in [0.717, 1.165) is 12.3 Å². The summed E-state index contributed by atoms with van der Waals surface area (Å²) >= 11 is 0. The van der Waals surface area contributed by atoms with Crippen LogP contribution in [0.25, 0.3) is 0 Å². The maximum Gasteiger partial charge on any atom is 0.0591 e. The number of aliphatic imine (C=N–C) groups is 1. The molecule has 0 spiro atoms. The second kappa shape index (κ2) is 2.86. The molecule has 1 heterocycles. The predicted octanol–water partition coefficient (Wildman–Crippen LogP) is 1.34. The maximum atomic E-state index is 4.33. The van der Waals surface area contributed by atoms with Gasteiger partial charge < -0.3 is 5.32 Å². The first-order valence-corrected chi connectivity index (χ1v) is 3.64. The van der Waals surface area contributed by atoms with Crippen molar-refractivity contribution in [2.45, 2.75) is 26.8 Å². The summed E-state index contributed by atoms with van der Waals surface area (Å²) in [4.78, 5) is 4.33. The summed E-state index contributed by atoms with van der Waals surface area (Å²) in [6.07, 6.45) is 2.07. The van der Waals surface area contributed by atoms with E-state index in [0.29, 0.717) is 6.04 Å². The largest absolute Gasteiger partial charge is 0.384 e. The molecule has 1 aliphatic rings. The number of allylic oxidation sites excluding steroid dienone is 2. The molecule has 56 valence electrons. The summed E-state index contributed by atoms with van der Waals surface area (Å²) in [7, 11) is 0. The van der Waals surface area contributed by atoms with Crippen LogP contribution in [0.4, 0.5) is 0 Å². The Bertz CT molecular complexity index is 180. The molecule has 0 saturated carbocycles. The van der Waals surface area contributed by atoms with Crippen molar-refractivity contribution in [1.29, 1.82) is 0 Å². The zero-order valence-corrected chi connectivity index (χ0v) is 6.81. The molecule has 2 heteroatoms. The fourth-order valence-corrected chi connectivity index (χ4v) is 1.12. The lowest BCUT2D eigenvalue weighted by Gasteiger charge is -2.09. The molecule has 10 heavy (non-hydrogen) atoms. The van der Waals surface area contributed by atoms with Crippen LogP contribution in [-0.2, 0) is 0 Å². The van der Waals surface area contributed by atoms with Gasteiger partial charge in [-0.15, -0.1) is 0 Å². The molecule has 1 N–H and O–H groups in total. The van der Waals surface area contributed by atoms with Crippen LogP contribution in [0, 0.1) is 0 Å². The molecule has 2 nitrogen and oxygen atoms in total. The zero-order valence-electron chi connectivity index (χ0n) is 6.81. The molecule has 0 amide bonds. The molecule has 0 fully saturated rings. The molecule has 0 radical (unpaired) electrons. The third-order valence-electron chi connectivity index (χ3n) is 1.51. The molecule has 1 aliphatic heterocycles. The van der Waals surface area contributed by atoms with E-state index in [1.807, 2.05) is 6.92 Å². The van der Waals surface area contributed by atoms with Crippen LogP contribution in [0.1, 0.15) is 20.8 Å². The van der Waals surface area contributed by atoms with Gasteiger partial charge in [-0.1, -0.05) is 0 Å².